The molecule has 1 amide bonds. The molecule has 1 aromatic carbocycles. The van der Waals surface area contributed by atoms with Crippen molar-refractivity contribution in [1.82, 2.24) is 14.8 Å². The quantitative estimate of drug-likeness (QED) is 0.461. The summed E-state index contributed by atoms with van der Waals surface area (Å²) in [4.78, 5) is 30.6. The van der Waals surface area contributed by atoms with Gasteiger partial charge in [0, 0.05) is 47.7 Å². The fraction of sp³-hybridized carbons (Fsp3) is 0.320. The molecule has 2 aromatic heterocycles. The van der Waals surface area contributed by atoms with Gasteiger partial charge in [-0.1, -0.05) is 0 Å². The van der Waals surface area contributed by atoms with E-state index < -0.39 is 0 Å². The average molecular weight is 460 g/mol. The number of amides is 1. The number of carbonyl (C=O) groups is 1. The first-order chi connectivity index (χ1) is 16.5. The fourth-order valence-corrected chi connectivity index (χ4v) is 4.71. The van der Waals surface area contributed by atoms with Crippen molar-refractivity contribution in [2.45, 2.75) is 25.8 Å². The minimum absolute atomic E-state index is 0.0513. The Labute approximate surface area is 196 Å². The lowest BCUT2D eigenvalue weighted by Crippen LogP contribution is -2.29. The normalized spacial score (nSPS) is 16.9. The van der Waals surface area contributed by atoms with Gasteiger partial charge in [0.1, 0.15) is 5.94 Å². The maximum atomic E-state index is 13.5. The van der Waals surface area contributed by atoms with Crippen LogP contribution in [0.3, 0.4) is 0 Å². The molecule has 4 heterocycles. The highest BCUT2D eigenvalue weighted by Crippen LogP contribution is 2.37. The van der Waals surface area contributed by atoms with Crippen LogP contribution in [0.15, 0.2) is 30.6 Å². The Morgan fingerprint density at radius 2 is 2.18 bits per heavy atom. The minimum atomic E-state index is -0.132. The van der Waals surface area contributed by atoms with E-state index in [4.69, 9.17) is 15.2 Å². The van der Waals surface area contributed by atoms with E-state index in [0.717, 1.165) is 35.3 Å². The molecule has 0 aliphatic carbocycles. The molecule has 0 radical (unpaired) electrons. The van der Waals surface area contributed by atoms with Gasteiger partial charge in [-0.2, -0.15) is 5.10 Å². The number of carbonyl (C=O) groups excluding carboxylic acids is 2. The molecule has 1 unspecified atom stereocenters. The molecule has 2 aliphatic heterocycles. The third-order valence-electron chi connectivity index (χ3n) is 6.46. The van der Waals surface area contributed by atoms with Crippen LogP contribution >= 0.6 is 0 Å². The van der Waals surface area contributed by atoms with Crippen LogP contribution in [0.2, 0.25) is 0 Å². The summed E-state index contributed by atoms with van der Waals surface area (Å²) in [5.41, 5.74) is 12.1. The first-order valence-electron chi connectivity index (χ1n) is 11.1. The summed E-state index contributed by atoms with van der Waals surface area (Å²) in [6.45, 7) is 3.64. The third kappa shape index (κ3) is 3.65. The number of rotatable bonds is 5. The Morgan fingerprint density at radius 3 is 2.91 bits per heavy atom. The SMILES string of the molecule is COc1cc2c(cn1)N(C(=O)c1cc(N)c(-c3c(C=C=O)cnn3C3CCOC3)cc1C)CC2. The number of hydrogen-bond acceptors (Lipinski definition) is 7. The zero-order valence-electron chi connectivity index (χ0n) is 19.1. The monoisotopic (exact) mass is 459 g/mol. The number of benzene rings is 1. The number of aryl methyl sites for hydroxylation is 1. The molecule has 9 heteroatoms. The molecule has 3 aromatic rings. The number of nitrogens with zero attached hydrogens (tertiary/aromatic N) is 4. The van der Waals surface area contributed by atoms with E-state index in [1.165, 1.54) is 6.08 Å². The van der Waals surface area contributed by atoms with Gasteiger partial charge in [0.05, 0.1) is 43.5 Å². The van der Waals surface area contributed by atoms with Crippen LogP contribution in [-0.4, -0.2) is 53.5 Å². The molecule has 5 rings (SSSR count). The van der Waals surface area contributed by atoms with Crippen LogP contribution in [-0.2, 0) is 16.0 Å². The first kappa shape index (κ1) is 21.9. The maximum Gasteiger partial charge on any atom is 0.258 e. The summed E-state index contributed by atoms with van der Waals surface area (Å²) < 4.78 is 12.6. The standard InChI is InChI=1S/C25H25N5O4/c1-15-9-20(24-17(4-7-31)12-28-30(24)18-5-8-34-14-18)21(26)11-19(15)25(32)29-6-3-16-10-23(33-2)27-13-22(16)29/h4,9-13,18H,3,5-6,8,14,26H2,1-2H3. The Kier molecular flexibility index (Phi) is 5.65. The molecule has 9 nitrogen and oxygen atoms in total. The van der Waals surface area contributed by atoms with Crippen molar-refractivity contribution >= 4 is 29.3 Å². The number of pyridine rings is 1. The van der Waals surface area contributed by atoms with Crippen molar-refractivity contribution in [3.05, 3.63) is 52.8 Å². The number of fused-ring (bicyclic) bond motifs is 1. The second kappa shape index (κ2) is 8.78. The molecule has 0 spiro atoms. The Balaban J connectivity index is 1.53. The van der Waals surface area contributed by atoms with Crippen molar-refractivity contribution in [3.63, 3.8) is 0 Å². The average Bonchev–Trinajstić information content (AvgIpc) is 3.59. The number of anilines is 2. The van der Waals surface area contributed by atoms with Crippen molar-refractivity contribution in [1.29, 1.82) is 0 Å². The van der Waals surface area contributed by atoms with E-state index in [1.807, 2.05) is 29.7 Å². The van der Waals surface area contributed by atoms with Gasteiger partial charge in [0.2, 0.25) is 5.88 Å². The van der Waals surface area contributed by atoms with Gasteiger partial charge in [-0.15, -0.1) is 0 Å². The summed E-state index contributed by atoms with van der Waals surface area (Å²) in [6.07, 6.45) is 6.21. The molecule has 2 aliphatic rings. The van der Waals surface area contributed by atoms with Crippen LogP contribution < -0.4 is 15.4 Å². The maximum absolute atomic E-state index is 13.5. The van der Waals surface area contributed by atoms with E-state index in [1.54, 1.807) is 30.5 Å². The number of ether oxygens (including phenoxy) is 2. The van der Waals surface area contributed by atoms with Crippen molar-refractivity contribution < 1.29 is 19.1 Å². The number of methoxy groups -OCH3 is 1. The number of nitrogen functional groups attached to an aromatic ring is 1. The predicted molar refractivity (Wildman–Crippen MR) is 128 cm³/mol. The van der Waals surface area contributed by atoms with E-state index in [9.17, 15) is 9.59 Å². The number of aromatic nitrogens is 3. The van der Waals surface area contributed by atoms with E-state index in [0.29, 0.717) is 48.0 Å². The molecule has 1 atom stereocenters. The predicted octanol–water partition coefficient (Wildman–Crippen LogP) is 2.85. The largest absolute Gasteiger partial charge is 0.481 e. The van der Waals surface area contributed by atoms with Gasteiger partial charge in [0.25, 0.3) is 5.91 Å². The summed E-state index contributed by atoms with van der Waals surface area (Å²) >= 11 is 0. The highest BCUT2D eigenvalue weighted by atomic mass is 16.5. The Hall–Kier alpha value is -3.94. The lowest BCUT2D eigenvalue weighted by molar-refractivity contribution is 0.0988. The van der Waals surface area contributed by atoms with Crippen molar-refractivity contribution in [3.8, 4) is 17.1 Å². The Bertz CT molecular complexity index is 1320. The fourth-order valence-electron chi connectivity index (χ4n) is 4.71. The van der Waals surface area contributed by atoms with Gasteiger partial charge in [-0.3, -0.25) is 9.48 Å². The lowest BCUT2D eigenvalue weighted by Gasteiger charge is -2.20. The van der Waals surface area contributed by atoms with Gasteiger partial charge < -0.3 is 20.1 Å². The summed E-state index contributed by atoms with van der Waals surface area (Å²) in [7, 11) is 1.57. The molecular formula is C25H25N5O4. The smallest absolute Gasteiger partial charge is 0.258 e. The van der Waals surface area contributed by atoms with Gasteiger partial charge in [-0.25, -0.2) is 9.78 Å². The Morgan fingerprint density at radius 1 is 1.32 bits per heavy atom. The molecule has 1 fully saturated rings. The highest BCUT2D eigenvalue weighted by molar-refractivity contribution is 6.09. The van der Waals surface area contributed by atoms with Crippen molar-refractivity contribution in [2.24, 2.45) is 0 Å². The molecular weight excluding hydrogens is 434 g/mol. The van der Waals surface area contributed by atoms with Crippen molar-refractivity contribution in [2.75, 3.05) is 37.5 Å². The molecule has 34 heavy (non-hydrogen) atoms. The van der Waals surface area contributed by atoms with Crippen LogP contribution in [0.4, 0.5) is 11.4 Å². The summed E-state index contributed by atoms with van der Waals surface area (Å²) in [5, 5.41) is 4.50. The zero-order valence-corrected chi connectivity index (χ0v) is 19.1. The number of hydrogen-bond donors (Lipinski definition) is 1. The van der Waals surface area contributed by atoms with E-state index >= 15 is 0 Å². The summed E-state index contributed by atoms with van der Waals surface area (Å²) in [5.74, 6) is 2.24. The minimum Gasteiger partial charge on any atom is -0.481 e. The van der Waals surface area contributed by atoms with Crippen LogP contribution in [0.5, 0.6) is 5.88 Å². The summed E-state index contributed by atoms with van der Waals surface area (Å²) in [6, 6.07) is 5.51. The van der Waals surface area contributed by atoms with Crippen LogP contribution in [0, 0.1) is 6.92 Å². The second-order valence-corrected chi connectivity index (χ2v) is 8.49. The van der Waals surface area contributed by atoms with Gasteiger partial charge in [0.15, 0.2) is 0 Å². The molecule has 174 valence electrons. The number of nitrogens with two attached hydrogens (primary N) is 1. The first-order valence-corrected chi connectivity index (χ1v) is 11.1. The van der Waals surface area contributed by atoms with Crippen LogP contribution in [0.1, 0.15) is 39.5 Å². The molecule has 2 N–H and O–H groups in total. The molecule has 1 saturated heterocycles. The molecule has 0 saturated carbocycles. The highest BCUT2D eigenvalue weighted by Gasteiger charge is 2.29. The topological polar surface area (TPSA) is 113 Å². The zero-order chi connectivity index (χ0) is 23.8. The molecule has 0 bridgehead atoms. The van der Waals surface area contributed by atoms with E-state index in [2.05, 4.69) is 10.1 Å². The van der Waals surface area contributed by atoms with Gasteiger partial charge >= 0.3 is 0 Å². The van der Waals surface area contributed by atoms with Gasteiger partial charge in [-0.05, 0) is 43.0 Å². The van der Waals surface area contributed by atoms with Crippen LogP contribution in [0.25, 0.3) is 17.3 Å². The second-order valence-electron chi connectivity index (χ2n) is 8.49. The third-order valence-corrected chi connectivity index (χ3v) is 6.46. The lowest BCUT2D eigenvalue weighted by atomic mass is 9.98. The van der Waals surface area contributed by atoms with E-state index in [-0.39, 0.29) is 11.9 Å².